The van der Waals surface area contributed by atoms with Crippen LogP contribution in [0.5, 0.6) is 5.75 Å². The van der Waals surface area contributed by atoms with Crippen molar-refractivity contribution in [3.63, 3.8) is 0 Å². The third-order valence-electron chi connectivity index (χ3n) is 3.69. The summed E-state index contributed by atoms with van der Waals surface area (Å²) in [4.78, 5) is 18.6. The molecule has 25 heavy (non-hydrogen) atoms. The zero-order valence-corrected chi connectivity index (χ0v) is 13.2. The summed E-state index contributed by atoms with van der Waals surface area (Å²) in [5.41, 5.74) is 2.83. The van der Waals surface area contributed by atoms with E-state index in [0.717, 1.165) is 22.6 Å². The Balaban J connectivity index is 1.61. The lowest BCUT2D eigenvalue weighted by Crippen LogP contribution is -2.13. The SMILES string of the molecule is COc1cccc(-c2ccc(Nc3nc4nonc4[nH]c3=O)cc2)c1. The van der Waals surface area contributed by atoms with Crippen molar-refractivity contribution < 1.29 is 9.37 Å². The maximum Gasteiger partial charge on any atom is 0.292 e. The summed E-state index contributed by atoms with van der Waals surface area (Å²) in [5, 5.41) is 10.1. The van der Waals surface area contributed by atoms with Crippen molar-refractivity contribution in [2.75, 3.05) is 12.4 Å². The fraction of sp³-hybridized carbons (Fsp3) is 0.0588. The van der Waals surface area contributed by atoms with Crippen LogP contribution in [0.2, 0.25) is 0 Å². The van der Waals surface area contributed by atoms with Gasteiger partial charge in [0.25, 0.3) is 5.56 Å². The van der Waals surface area contributed by atoms with E-state index in [4.69, 9.17) is 4.74 Å². The summed E-state index contributed by atoms with van der Waals surface area (Å²) >= 11 is 0. The number of H-pyrrole nitrogens is 1. The molecular weight excluding hydrogens is 322 g/mol. The first kappa shape index (κ1) is 14.9. The van der Waals surface area contributed by atoms with Gasteiger partial charge in [0.15, 0.2) is 5.82 Å². The molecule has 0 amide bonds. The van der Waals surface area contributed by atoms with E-state index >= 15 is 0 Å². The first-order valence-electron chi connectivity index (χ1n) is 7.47. The Bertz CT molecular complexity index is 1090. The largest absolute Gasteiger partial charge is 0.497 e. The van der Waals surface area contributed by atoms with Gasteiger partial charge in [0.1, 0.15) is 5.75 Å². The van der Waals surface area contributed by atoms with Gasteiger partial charge in [-0.2, -0.15) is 4.98 Å². The van der Waals surface area contributed by atoms with Crippen LogP contribution in [0, 0.1) is 0 Å². The van der Waals surface area contributed by atoms with Crippen LogP contribution in [-0.4, -0.2) is 27.4 Å². The zero-order valence-electron chi connectivity index (χ0n) is 13.2. The number of nitrogens with one attached hydrogen (secondary N) is 2. The minimum atomic E-state index is -0.403. The number of anilines is 2. The molecule has 0 aliphatic heterocycles. The molecule has 0 aliphatic carbocycles. The Hall–Kier alpha value is -3.68. The molecule has 0 aliphatic rings. The molecule has 2 aromatic heterocycles. The maximum atomic E-state index is 12.0. The average Bonchev–Trinajstić information content (AvgIpc) is 3.10. The van der Waals surface area contributed by atoms with E-state index in [1.807, 2.05) is 48.5 Å². The molecule has 124 valence electrons. The van der Waals surface area contributed by atoms with Crippen molar-refractivity contribution in [3.05, 3.63) is 58.9 Å². The van der Waals surface area contributed by atoms with Crippen LogP contribution in [-0.2, 0) is 0 Å². The lowest BCUT2D eigenvalue weighted by atomic mass is 10.1. The molecule has 0 fully saturated rings. The fourth-order valence-corrected chi connectivity index (χ4v) is 2.43. The first-order chi connectivity index (χ1) is 12.2. The molecule has 0 saturated carbocycles. The molecule has 0 atom stereocenters. The number of aromatic nitrogens is 4. The van der Waals surface area contributed by atoms with Crippen LogP contribution in [0.1, 0.15) is 0 Å². The molecule has 0 saturated heterocycles. The number of benzene rings is 2. The molecule has 4 aromatic rings. The Labute approximate surface area is 141 Å². The van der Waals surface area contributed by atoms with Crippen LogP contribution >= 0.6 is 0 Å². The normalized spacial score (nSPS) is 10.8. The summed E-state index contributed by atoms with van der Waals surface area (Å²) in [6.45, 7) is 0. The third kappa shape index (κ3) is 2.92. The molecule has 0 spiro atoms. The van der Waals surface area contributed by atoms with Crippen molar-refractivity contribution in [2.24, 2.45) is 0 Å². The highest BCUT2D eigenvalue weighted by molar-refractivity contribution is 5.70. The number of rotatable bonds is 4. The molecule has 0 unspecified atom stereocenters. The van der Waals surface area contributed by atoms with E-state index in [-0.39, 0.29) is 17.1 Å². The molecule has 0 bridgehead atoms. The number of fused-ring (bicyclic) bond motifs is 1. The lowest BCUT2D eigenvalue weighted by Gasteiger charge is -2.07. The highest BCUT2D eigenvalue weighted by Crippen LogP contribution is 2.25. The summed E-state index contributed by atoms with van der Waals surface area (Å²) < 4.78 is 9.78. The van der Waals surface area contributed by atoms with Gasteiger partial charge in [-0.3, -0.25) is 9.78 Å². The van der Waals surface area contributed by atoms with Crippen molar-refractivity contribution in [3.8, 4) is 16.9 Å². The van der Waals surface area contributed by atoms with Gasteiger partial charge in [0, 0.05) is 5.69 Å². The number of ether oxygens (including phenoxy) is 1. The van der Waals surface area contributed by atoms with E-state index in [1.165, 1.54) is 0 Å². The van der Waals surface area contributed by atoms with Crippen LogP contribution in [0.4, 0.5) is 11.5 Å². The predicted molar refractivity (Wildman–Crippen MR) is 91.9 cm³/mol. The van der Waals surface area contributed by atoms with Gasteiger partial charge in [0.2, 0.25) is 11.3 Å². The number of hydrogen-bond donors (Lipinski definition) is 2. The highest BCUT2D eigenvalue weighted by Gasteiger charge is 2.09. The van der Waals surface area contributed by atoms with E-state index in [0.29, 0.717) is 0 Å². The van der Waals surface area contributed by atoms with E-state index in [1.54, 1.807) is 7.11 Å². The molecule has 2 heterocycles. The van der Waals surface area contributed by atoms with E-state index in [2.05, 4.69) is 30.2 Å². The number of methoxy groups -OCH3 is 1. The summed E-state index contributed by atoms with van der Waals surface area (Å²) in [5.74, 6) is 0.919. The van der Waals surface area contributed by atoms with Crippen molar-refractivity contribution >= 4 is 22.8 Å². The fourth-order valence-electron chi connectivity index (χ4n) is 2.43. The second-order valence-electron chi connectivity index (χ2n) is 5.29. The molecule has 2 aromatic carbocycles. The van der Waals surface area contributed by atoms with Gasteiger partial charge in [-0.05, 0) is 45.7 Å². The average molecular weight is 335 g/mol. The lowest BCUT2D eigenvalue weighted by molar-refractivity contribution is 0.314. The molecule has 0 radical (unpaired) electrons. The van der Waals surface area contributed by atoms with Gasteiger partial charge in [-0.15, -0.1) is 0 Å². The number of aromatic amines is 1. The number of nitrogens with zero attached hydrogens (tertiary/aromatic N) is 3. The Morgan fingerprint density at radius 1 is 1.08 bits per heavy atom. The summed E-state index contributed by atoms with van der Waals surface area (Å²) in [6.07, 6.45) is 0. The molecule has 8 heteroatoms. The van der Waals surface area contributed by atoms with Crippen LogP contribution in [0.15, 0.2) is 58.0 Å². The van der Waals surface area contributed by atoms with Crippen LogP contribution < -0.4 is 15.6 Å². The highest BCUT2D eigenvalue weighted by atomic mass is 16.6. The molecular formula is C17H13N5O3. The standard InChI is InChI=1S/C17H13N5O3/c1-24-13-4-2-3-11(9-13)10-5-7-12(8-6-10)18-16-17(23)20-15-14(19-16)21-25-22-15/h2-9H,1H3,(H,18,19,21)(H,20,22,23). The maximum absolute atomic E-state index is 12.0. The second kappa shape index (κ2) is 6.08. The van der Waals surface area contributed by atoms with Gasteiger partial charge < -0.3 is 10.1 Å². The minimum Gasteiger partial charge on any atom is -0.497 e. The topological polar surface area (TPSA) is 106 Å². The van der Waals surface area contributed by atoms with Gasteiger partial charge in [-0.25, -0.2) is 4.63 Å². The van der Waals surface area contributed by atoms with Gasteiger partial charge in [-0.1, -0.05) is 24.3 Å². The van der Waals surface area contributed by atoms with E-state index < -0.39 is 5.56 Å². The van der Waals surface area contributed by atoms with Gasteiger partial charge >= 0.3 is 0 Å². The predicted octanol–water partition coefficient (Wildman–Crippen LogP) is 2.73. The van der Waals surface area contributed by atoms with Crippen molar-refractivity contribution in [1.29, 1.82) is 0 Å². The Morgan fingerprint density at radius 3 is 2.72 bits per heavy atom. The molecule has 4 rings (SSSR count). The number of hydrogen-bond acceptors (Lipinski definition) is 7. The monoisotopic (exact) mass is 335 g/mol. The van der Waals surface area contributed by atoms with Gasteiger partial charge in [0.05, 0.1) is 7.11 Å². The van der Waals surface area contributed by atoms with Crippen LogP contribution in [0.25, 0.3) is 22.4 Å². The summed E-state index contributed by atoms with van der Waals surface area (Å²) in [7, 11) is 1.64. The summed E-state index contributed by atoms with van der Waals surface area (Å²) in [6, 6.07) is 15.4. The zero-order chi connectivity index (χ0) is 17.2. The molecule has 8 nitrogen and oxygen atoms in total. The second-order valence-corrected chi connectivity index (χ2v) is 5.29. The van der Waals surface area contributed by atoms with Crippen molar-refractivity contribution in [1.82, 2.24) is 20.3 Å². The third-order valence-corrected chi connectivity index (χ3v) is 3.69. The smallest absolute Gasteiger partial charge is 0.292 e. The van der Waals surface area contributed by atoms with Crippen molar-refractivity contribution in [2.45, 2.75) is 0 Å². The quantitative estimate of drug-likeness (QED) is 0.590. The Morgan fingerprint density at radius 2 is 1.92 bits per heavy atom. The molecule has 2 N–H and O–H groups in total. The first-order valence-corrected chi connectivity index (χ1v) is 7.47. The van der Waals surface area contributed by atoms with Crippen LogP contribution in [0.3, 0.4) is 0 Å². The van der Waals surface area contributed by atoms with E-state index in [9.17, 15) is 4.79 Å². The minimum absolute atomic E-state index is 0.123. The Kier molecular flexibility index (Phi) is 3.62.